The molecule has 8 nitrogen and oxygen atoms in total. The van der Waals surface area contributed by atoms with Crippen LogP contribution in [0.2, 0.25) is 0 Å². The molecule has 0 aliphatic heterocycles. The van der Waals surface area contributed by atoms with Gasteiger partial charge in [-0.3, -0.25) is 14.9 Å². The van der Waals surface area contributed by atoms with Gasteiger partial charge in [0.1, 0.15) is 5.75 Å². The first-order chi connectivity index (χ1) is 14.1. The van der Waals surface area contributed by atoms with Crippen LogP contribution in [0.5, 0.6) is 5.75 Å². The van der Waals surface area contributed by atoms with Gasteiger partial charge in [-0.1, -0.05) is 6.92 Å². The van der Waals surface area contributed by atoms with Gasteiger partial charge in [-0.05, 0) is 74.1 Å². The summed E-state index contributed by atoms with van der Waals surface area (Å²) in [5, 5.41) is 5.41. The lowest BCUT2D eigenvalue weighted by Crippen LogP contribution is -2.34. The molecule has 30 heavy (non-hydrogen) atoms. The molecule has 2 amide bonds. The first-order valence-corrected chi connectivity index (χ1v) is 11.0. The highest BCUT2D eigenvalue weighted by molar-refractivity contribution is 7.90. The monoisotopic (exact) mass is 449 g/mol. The number of sulfonamides is 1. The van der Waals surface area contributed by atoms with E-state index in [1.54, 1.807) is 24.3 Å². The zero-order valence-electron chi connectivity index (χ0n) is 16.8. The molecule has 2 aromatic rings. The van der Waals surface area contributed by atoms with Crippen molar-refractivity contribution >= 4 is 44.9 Å². The smallest absolute Gasteiger partial charge is 0.264 e. The Morgan fingerprint density at radius 3 is 2.20 bits per heavy atom. The summed E-state index contributed by atoms with van der Waals surface area (Å²) in [5.74, 6) is -0.399. The van der Waals surface area contributed by atoms with Crippen LogP contribution >= 0.6 is 12.2 Å². The fourth-order valence-electron chi connectivity index (χ4n) is 2.30. The van der Waals surface area contributed by atoms with Crippen LogP contribution in [0.25, 0.3) is 0 Å². The number of amides is 2. The van der Waals surface area contributed by atoms with Crippen LogP contribution in [0.1, 0.15) is 37.6 Å². The van der Waals surface area contributed by atoms with Crippen molar-refractivity contribution in [1.82, 2.24) is 10.0 Å². The van der Waals surface area contributed by atoms with E-state index in [2.05, 4.69) is 10.6 Å². The van der Waals surface area contributed by atoms with Gasteiger partial charge in [0, 0.05) is 18.2 Å². The van der Waals surface area contributed by atoms with E-state index >= 15 is 0 Å². The Kier molecular flexibility index (Phi) is 7.90. The van der Waals surface area contributed by atoms with E-state index in [1.165, 1.54) is 24.3 Å². The second-order valence-corrected chi connectivity index (χ2v) is 8.55. The molecule has 10 heteroatoms. The molecule has 0 bridgehead atoms. The van der Waals surface area contributed by atoms with Crippen molar-refractivity contribution in [2.24, 2.45) is 0 Å². The maximum absolute atomic E-state index is 12.3. The van der Waals surface area contributed by atoms with Gasteiger partial charge in [0.05, 0.1) is 11.0 Å². The third-order valence-corrected chi connectivity index (χ3v) is 5.61. The number of nitrogens with one attached hydrogen (secondary N) is 3. The average molecular weight is 450 g/mol. The van der Waals surface area contributed by atoms with Gasteiger partial charge in [0.2, 0.25) is 5.91 Å². The number of carbonyl (C=O) groups is 2. The lowest BCUT2D eigenvalue weighted by molar-refractivity contribution is -0.117. The summed E-state index contributed by atoms with van der Waals surface area (Å²) in [6.45, 7) is 5.10. The van der Waals surface area contributed by atoms with Gasteiger partial charge in [0.25, 0.3) is 15.9 Å². The number of hydrogen-bond acceptors (Lipinski definition) is 6. The number of rotatable bonds is 7. The summed E-state index contributed by atoms with van der Waals surface area (Å²) < 4.78 is 31.4. The van der Waals surface area contributed by atoms with Crippen molar-refractivity contribution in [3.63, 3.8) is 0 Å². The standard InChI is InChI=1S/C20H23N3O5S2/c1-4-13(2)28-17-9-5-15(6-10-17)19(25)22-20(29)21-16-7-11-18(12-8-16)30(26,27)23-14(3)24/h5-13H,4H2,1-3H3,(H,23,24)(H2,21,22,25,29). The van der Waals surface area contributed by atoms with Crippen LogP contribution in [-0.2, 0) is 14.8 Å². The first kappa shape index (κ1) is 23.3. The molecule has 160 valence electrons. The summed E-state index contributed by atoms with van der Waals surface area (Å²) in [7, 11) is -3.91. The van der Waals surface area contributed by atoms with Crippen molar-refractivity contribution < 1.29 is 22.7 Å². The second kappa shape index (κ2) is 10.2. The number of ether oxygens (including phenoxy) is 1. The minimum absolute atomic E-state index is 0.0531. The molecule has 0 spiro atoms. The number of thiocarbonyl (C=S) groups is 1. The first-order valence-electron chi connectivity index (χ1n) is 9.13. The van der Waals surface area contributed by atoms with Gasteiger partial charge >= 0.3 is 0 Å². The number of carbonyl (C=O) groups excluding carboxylic acids is 2. The van der Waals surface area contributed by atoms with Gasteiger partial charge in [-0.25, -0.2) is 13.1 Å². The lowest BCUT2D eigenvalue weighted by atomic mass is 10.2. The minimum atomic E-state index is -3.91. The maximum atomic E-state index is 12.3. The SMILES string of the molecule is CCC(C)Oc1ccc(C(=O)NC(=S)Nc2ccc(S(=O)(=O)NC(C)=O)cc2)cc1. The van der Waals surface area contributed by atoms with E-state index in [-0.39, 0.29) is 16.1 Å². The predicted molar refractivity (Wildman–Crippen MR) is 118 cm³/mol. The number of hydrogen-bond donors (Lipinski definition) is 3. The third kappa shape index (κ3) is 6.82. The molecule has 1 unspecified atom stereocenters. The molecule has 1 atom stereocenters. The predicted octanol–water partition coefficient (Wildman–Crippen LogP) is 2.82. The number of anilines is 1. The average Bonchev–Trinajstić information content (AvgIpc) is 2.67. The highest BCUT2D eigenvalue weighted by Crippen LogP contribution is 2.16. The van der Waals surface area contributed by atoms with Crippen LogP contribution in [0.3, 0.4) is 0 Å². The molecule has 2 rings (SSSR count). The number of benzene rings is 2. The van der Waals surface area contributed by atoms with E-state index in [9.17, 15) is 18.0 Å². The molecule has 0 radical (unpaired) electrons. The Hall–Kier alpha value is -2.98. The summed E-state index contributed by atoms with van der Waals surface area (Å²) >= 11 is 5.13. The molecule has 3 N–H and O–H groups in total. The topological polar surface area (TPSA) is 114 Å². The minimum Gasteiger partial charge on any atom is -0.491 e. The van der Waals surface area contributed by atoms with Gasteiger partial charge < -0.3 is 10.1 Å². The van der Waals surface area contributed by atoms with Crippen molar-refractivity contribution in [3.05, 3.63) is 54.1 Å². The highest BCUT2D eigenvalue weighted by Gasteiger charge is 2.15. The largest absolute Gasteiger partial charge is 0.491 e. The molecule has 0 aromatic heterocycles. The van der Waals surface area contributed by atoms with E-state index < -0.39 is 21.8 Å². The fraction of sp³-hybridized carbons (Fsp3) is 0.250. The van der Waals surface area contributed by atoms with Crippen LogP contribution < -0.4 is 20.1 Å². The van der Waals surface area contributed by atoms with Crippen molar-refractivity contribution in [1.29, 1.82) is 0 Å². The normalized spacial score (nSPS) is 11.8. The van der Waals surface area contributed by atoms with E-state index in [4.69, 9.17) is 17.0 Å². The quantitative estimate of drug-likeness (QED) is 0.557. The lowest BCUT2D eigenvalue weighted by Gasteiger charge is -2.13. The Morgan fingerprint density at radius 1 is 1.07 bits per heavy atom. The molecule has 2 aromatic carbocycles. The molecular weight excluding hydrogens is 426 g/mol. The Balaban J connectivity index is 1.95. The van der Waals surface area contributed by atoms with Crippen molar-refractivity contribution in [2.45, 2.75) is 38.2 Å². The summed E-state index contributed by atoms with van der Waals surface area (Å²) in [4.78, 5) is 23.2. The van der Waals surface area contributed by atoms with Crippen molar-refractivity contribution in [2.75, 3.05) is 5.32 Å². The van der Waals surface area contributed by atoms with Crippen LogP contribution in [0.15, 0.2) is 53.4 Å². The van der Waals surface area contributed by atoms with E-state index in [1.807, 2.05) is 18.6 Å². The maximum Gasteiger partial charge on any atom is 0.264 e. The highest BCUT2D eigenvalue weighted by atomic mass is 32.2. The van der Waals surface area contributed by atoms with Crippen LogP contribution in [0, 0.1) is 0 Å². The van der Waals surface area contributed by atoms with Gasteiger partial charge in [-0.15, -0.1) is 0 Å². The van der Waals surface area contributed by atoms with E-state index in [0.717, 1.165) is 13.3 Å². The zero-order valence-corrected chi connectivity index (χ0v) is 18.4. The summed E-state index contributed by atoms with van der Waals surface area (Å²) in [6, 6.07) is 12.3. The summed E-state index contributed by atoms with van der Waals surface area (Å²) in [5.41, 5.74) is 0.881. The molecule has 0 saturated heterocycles. The molecular formula is C20H23N3O5S2. The fourth-order valence-corrected chi connectivity index (χ4v) is 3.50. The second-order valence-electron chi connectivity index (χ2n) is 6.46. The third-order valence-electron chi connectivity index (χ3n) is 3.96. The van der Waals surface area contributed by atoms with E-state index in [0.29, 0.717) is 17.0 Å². The Bertz CT molecular complexity index is 1020. The Morgan fingerprint density at radius 2 is 1.67 bits per heavy atom. The van der Waals surface area contributed by atoms with Crippen molar-refractivity contribution in [3.8, 4) is 5.75 Å². The molecule has 0 heterocycles. The molecule has 0 fully saturated rings. The van der Waals surface area contributed by atoms with Crippen LogP contribution in [-0.4, -0.2) is 31.4 Å². The molecule has 0 saturated carbocycles. The van der Waals surface area contributed by atoms with Gasteiger partial charge in [0.15, 0.2) is 5.11 Å². The van der Waals surface area contributed by atoms with Crippen LogP contribution in [0.4, 0.5) is 5.69 Å². The molecule has 0 aliphatic rings. The zero-order chi connectivity index (χ0) is 22.3. The molecule has 0 aliphatic carbocycles. The van der Waals surface area contributed by atoms with Gasteiger partial charge in [-0.2, -0.15) is 0 Å². The summed E-state index contributed by atoms with van der Waals surface area (Å²) in [6.07, 6.45) is 0.962. The Labute approximate surface area is 181 Å².